The van der Waals surface area contributed by atoms with Gasteiger partial charge in [-0.05, 0) is 6.92 Å². The Morgan fingerprint density at radius 3 is 2.68 bits per heavy atom. The van der Waals surface area contributed by atoms with Crippen molar-refractivity contribution in [2.45, 2.75) is 6.92 Å². The molecule has 0 aliphatic heterocycles. The Bertz CT molecular complexity index is 1110. The van der Waals surface area contributed by atoms with Gasteiger partial charge in [-0.1, -0.05) is 52.8 Å². The Labute approximate surface area is 158 Å². The molecule has 0 saturated carbocycles. The number of nitriles is 1. The van der Waals surface area contributed by atoms with E-state index in [1.807, 2.05) is 6.07 Å². The number of aromatic nitrogens is 1. The van der Waals surface area contributed by atoms with Crippen molar-refractivity contribution in [3.8, 4) is 17.3 Å². The van der Waals surface area contributed by atoms with Crippen LogP contribution in [0.1, 0.15) is 21.7 Å². The molecule has 2 aromatic carbocycles. The normalized spacial score (nSPS) is 10.9. The Morgan fingerprint density at radius 2 is 2.00 bits per heavy atom. The highest BCUT2D eigenvalue weighted by atomic mass is 16.7. The molecule has 28 heavy (non-hydrogen) atoms. The zero-order valence-corrected chi connectivity index (χ0v) is 14.5. The first-order valence-electron chi connectivity index (χ1n) is 7.97. The van der Waals surface area contributed by atoms with Gasteiger partial charge in [-0.3, -0.25) is 10.1 Å². The highest BCUT2D eigenvalue weighted by molar-refractivity contribution is 6.11. The van der Waals surface area contributed by atoms with Crippen molar-refractivity contribution < 1.29 is 19.1 Å². The minimum atomic E-state index is -0.899. The van der Waals surface area contributed by atoms with E-state index >= 15 is 0 Å². The van der Waals surface area contributed by atoms with Crippen molar-refractivity contribution in [1.82, 2.24) is 5.16 Å². The number of carbonyl (C=O) groups is 1. The van der Waals surface area contributed by atoms with Crippen LogP contribution >= 0.6 is 0 Å². The molecule has 0 aliphatic carbocycles. The molecule has 9 nitrogen and oxygen atoms in total. The monoisotopic (exact) mass is 376 g/mol. The number of nitro groups is 1. The second-order valence-electron chi connectivity index (χ2n) is 5.57. The third kappa shape index (κ3) is 3.76. The number of benzene rings is 2. The van der Waals surface area contributed by atoms with Crippen LogP contribution in [0.4, 0.5) is 5.69 Å². The van der Waals surface area contributed by atoms with Crippen molar-refractivity contribution in [3.63, 3.8) is 0 Å². The quantitative estimate of drug-likeness (QED) is 0.287. The van der Waals surface area contributed by atoms with Gasteiger partial charge in [-0.25, -0.2) is 4.79 Å². The van der Waals surface area contributed by atoms with Crippen LogP contribution in [0.25, 0.3) is 11.3 Å². The number of nitrogens with zero attached hydrogens (tertiary/aromatic N) is 4. The number of hydrogen-bond acceptors (Lipinski definition) is 8. The number of oxime groups is 1. The minimum absolute atomic E-state index is 0.0328. The standard InChI is InChI=1S/C19H12N4O5/c1-12-17(18(22-27-12)14-8-5-9-15(10-14)23(25)26)19(24)28-21-16(11-20)13-6-3-2-4-7-13/h2-10H,1H3/b21-16+. The zero-order chi connectivity index (χ0) is 20.1. The fraction of sp³-hybridized carbons (Fsp3) is 0.0526. The van der Waals surface area contributed by atoms with E-state index in [1.165, 1.54) is 25.1 Å². The maximum Gasteiger partial charge on any atom is 0.371 e. The molecular weight excluding hydrogens is 364 g/mol. The van der Waals surface area contributed by atoms with E-state index in [0.29, 0.717) is 11.1 Å². The average Bonchev–Trinajstić information content (AvgIpc) is 3.10. The van der Waals surface area contributed by atoms with Gasteiger partial charge in [0.2, 0.25) is 0 Å². The van der Waals surface area contributed by atoms with Crippen LogP contribution in [0.3, 0.4) is 0 Å². The molecule has 0 N–H and O–H groups in total. The van der Waals surface area contributed by atoms with E-state index < -0.39 is 10.9 Å². The van der Waals surface area contributed by atoms with Crippen LogP contribution in [0, 0.1) is 28.4 Å². The largest absolute Gasteiger partial charge is 0.371 e. The number of non-ortho nitro benzene ring substituents is 1. The molecule has 0 bridgehead atoms. The summed E-state index contributed by atoms with van der Waals surface area (Å²) >= 11 is 0. The van der Waals surface area contributed by atoms with Crippen molar-refractivity contribution in [1.29, 1.82) is 5.26 Å². The fourth-order valence-electron chi connectivity index (χ4n) is 2.44. The summed E-state index contributed by atoms with van der Waals surface area (Å²) < 4.78 is 5.06. The molecule has 0 aliphatic rings. The van der Waals surface area contributed by atoms with Gasteiger partial charge in [-0.2, -0.15) is 5.26 Å². The number of rotatable bonds is 5. The van der Waals surface area contributed by atoms with E-state index in [4.69, 9.17) is 9.36 Å². The van der Waals surface area contributed by atoms with Crippen molar-refractivity contribution in [3.05, 3.63) is 81.6 Å². The lowest BCUT2D eigenvalue weighted by Crippen LogP contribution is -2.06. The number of hydrogen-bond donors (Lipinski definition) is 0. The molecule has 1 aromatic heterocycles. The van der Waals surface area contributed by atoms with E-state index in [2.05, 4.69) is 10.3 Å². The molecule has 0 unspecified atom stereocenters. The molecule has 9 heteroatoms. The first-order valence-corrected chi connectivity index (χ1v) is 7.97. The molecular formula is C19H12N4O5. The number of aryl methyl sites for hydroxylation is 1. The Hall–Kier alpha value is -4.32. The predicted molar refractivity (Wildman–Crippen MR) is 97.3 cm³/mol. The third-order valence-corrected chi connectivity index (χ3v) is 3.77. The van der Waals surface area contributed by atoms with Gasteiger partial charge < -0.3 is 9.36 Å². The Balaban J connectivity index is 1.93. The lowest BCUT2D eigenvalue weighted by atomic mass is 10.1. The Kier molecular flexibility index (Phi) is 5.23. The van der Waals surface area contributed by atoms with Crippen LogP contribution in [0.2, 0.25) is 0 Å². The summed E-state index contributed by atoms with van der Waals surface area (Å²) in [4.78, 5) is 27.8. The topological polar surface area (TPSA) is 132 Å². The van der Waals surface area contributed by atoms with Crippen LogP contribution in [-0.2, 0) is 4.84 Å². The highest BCUT2D eigenvalue weighted by Crippen LogP contribution is 2.28. The minimum Gasteiger partial charge on any atom is -0.360 e. The second-order valence-corrected chi connectivity index (χ2v) is 5.57. The molecule has 0 atom stereocenters. The summed E-state index contributed by atoms with van der Waals surface area (Å²) in [5.41, 5.74) is 0.602. The molecule has 0 amide bonds. The molecule has 0 spiro atoms. The predicted octanol–water partition coefficient (Wildman–Crippen LogP) is 3.64. The molecule has 3 rings (SSSR count). The smallest absolute Gasteiger partial charge is 0.360 e. The zero-order valence-electron chi connectivity index (χ0n) is 14.5. The molecule has 0 radical (unpaired) electrons. The average molecular weight is 376 g/mol. The van der Waals surface area contributed by atoms with E-state index in [-0.39, 0.29) is 28.4 Å². The van der Waals surface area contributed by atoms with Gasteiger partial charge >= 0.3 is 5.97 Å². The van der Waals surface area contributed by atoms with Crippen LogP contribution in [0.5, 0.6) is 0 Å². The summed E-state index contributed by atoms with van der Waals surface area (Å²) in [6, 6.07) is 16.0. The van der Waals surface area contributed by atoms with Gasteiger partial charge in [-0.15, -0.1) is 0 Å². The van der Waals surface area contributed by atoms with Gasteiger partial charge in [0.1, 0.15) is 23.1 Å². The maximum absolute atomic E-state index is 12.5. The SMILES string of the molecule is Cc1onc(-c2cccc([N+](=O)[O-])c2)c1C(=O)O/N=C(\C#N)c1ccccc1. The van der Waals surface area contributed by atoms with Gasteiger partial charge in [0.05, 0.1) is 4.92 Å². The first-order chi connectivity index (χ1) is 13.5. The third-order valence-electron chi connectivity index (χ3n) is 3.77. The molecule has 0 saturated heterocycles. The van der Waals surface area contributed by atoms with Crippen LogP contribution < -0.4 is 0 Å². The van der Waals surface area contributed by atoms with Crippen LogP contribution in [-0.4, -0.2) is 21.8 Å². The second kappa shape index (κ2) is 7.92. The van der Waals surface area contributed by atoms with Gasteiger partial charge in [0, 0.05) is 23.3 Å². The maximum atomic E-state index is 12.5. The lowest BCUT2D eigenvalue weighted by molar-refractivity contribution is -0.384. The van der Waals surface area contributed by atoms with Crippen molar-refractivity contribution >= 4 is 17.4 Å². The summed E-state index contributed by atoms with van der Waals surface area (Å²) in [6.45, 7) is 1.50. The van der Waals surface area contributed by atoms with Crippen molar-refractivity contribution in [2.75, 3.05) is 0 Å². The lowest BCUT2D eigenvalue weighted by Gasteiger charge is -2.02. The number of carbonyl (C=O) groups excluding carboxylic acids is 1. The fourth-order valence-corrected chi connectivity index (χ4v) is 2.44. The van der Waals surface area contributed by atoms with Crippen LogP contribution in [0.15, 0.2) is 64.3 Å². The van der Waals surface area contributed by atoms with E-state index in [0.717, 1.165) is 0 Å². The van der Waals surface area contributed by atoms with Gasteiger partial charge in [0.15, 0.2) is 5.71 Å². The molecule has 1 heterocycles. The van der Waals surface area contributed by atoms with E-state index in [9.17, 15) is 20.2 Å². The summed E-state index contributed by atoms with van der Waals surface area (Å²) in [7, 11) is 0. The molecule has 3 aromatic rings. The summed E-state index contributed by atoms with van der Waals surface area (Å²) in [6.07, 6.45) is 0. The van der Waals surface area contributed by atoms with Crippen molar-refractivity contribution in [2.24, 2.45) is 5.16 Å². The summed E-state index contributed by atoms with van der Waals surface area (Å²) in [5.74, 6) is -0.746. The first kappa shape index (κ1) is 18.5. The molecule has 138 valence electrons. The highest BCUT2D eigenvalue weighted by Gasteiger charge is 2.24. The number of nitro benzene ring substituents is 1. The van der Waals surface area contributed by atoms with E-state index in [1.54, 1.807) is 36.4 Å². The van der Waals surface area contributed by atoms with Gasteiger partial charge in [0.25, 0.3) is 5.69 Å². The molecule has 0 fully saturated rings. The summed E-state index contributed by atoms with van der Waals surface area (Å²) in [5, 5.41) is 27.6. The Morgan fingerprint density at radius 1 is 1.25 bits per heavy atom.